The number of nitrogens with one attached hydrogen (secondary N) is 2. The maximum Gasteiger partial charge on any atom is 0.258 e. The molecular weight excluding hydrogens is 456 g/mol. The Labute approximate surface area is 203 Å². The maximum atomic E-state index is 12.2. The number of carbonyl (C=O) groups excluding carboxylic acids is 1. The molecule has 2 aromatic heterocycles. The molecule has 184 valence electrons. The van der Waals surface area contributed by atoms with Gasteiger partial charge in [-0.15, -0.1) is 0 Å². The number of thioether (sulfide) groups is 1. The lowest BCUT2D eigenvalue weighted by Gasteiger charge is -2.10. The molecule has 10 nitrogen and oxygen atoms in total. The number of ether oxygens (including phenoxy) is 3. The SMILES string of the molecule is CCCSc1nc(NCCOCC)c2cnn(CCNC(=O)COc3cccc(OC)c3)c2n1. The first kappa shape index (κ1) is 25.6. The van der Waals surface area contributed by atoms with E-state index in [-0.39, 0.29) is 12.5 Å². The van der Waals surface area contributed by atoms with Crippen molar-refractivity contribution in [3.8, 4) is 11.5 Å². The van der Waals surface area contributed by atoms with Gasteiger partial charge in [-0.25, -0.2) is 14.6 Å². The highest BCUT2D eigenvalue weighted by Gasteiger charge is 2.13. The highest BCUT2D eigenvalue weighted by Crippen LogP contribution is 2.24. The zero-order chi connectivity index (χ0) is 24.2. The average molecular weight is 489 g/mol. The van der Waals surface area contributed by atoms with Crippen molar-refractivity contribution in [2.75, 3.05) is 51.1 Å². The van der Waals surface area contributed by atoms with Gasteiger partial charge in [0, 0.05) is 31.5 Å². The molecule has 0 spiro atoms. The lowest BCUT2D eigenvalue weighted by molar-refractivity contribution is -0.123. The van der Waals surface area contributed by atoms with Crippen LogP contribution in [0.4, 0.5) is 5.82 Å². The molecule has 1 aromatic carbocycles. The predicted octanol–water partition coefficient (Wildman–Crippen LogP) is 2.98. The van der Waals surface area contributed by atoms with Gasteiger partial charge < -0.3 is 24.8 Å². The fourth-order valence-corrected chi connectivity index (χ4v) is 3.76. The van der Waals surface area contributed by atoms with Crippen LogP contribution in [-0.4, -0.2) is 71.4 Å². The number of hydrogen-bond donors (Lipinski definition) is 2. The van der Waals surface area contributed by atoms with Gasteiger partial charge in [-0.05, 0) is 25.5 Å². The van der Waals surface area contributed by atoms with E-state index in [9.17, 15) is 4.79 Å². The topological polar surface area (TPSA) is 112 Å². The summed E-state index contributed by atoms with van der Waals surface area (Å²) in [6.45, 7) is 6.79. The summed E-state index contributed by atoms with van der Waals surface area (Å²) in [5, 5.41) is 12.2. The van der Waals surface area contributed by atoms with Gasteiger partial charge in [0.15, 0.2) is 17.4 Å². The van der Waals surface area contributed by atoms with Gasteiger partial charge in [0.2, 0.25) is 0 Å². The monoisotopic (exact) mass is 488 g/mol. The second kappa shape index (κ2) is 13.6. The molecule has 0 bridgehead atoms. The van der Waals surface area contributed by atoms with E-state index in [0.717, 1.165) is 29.0 Å². The molecule has 0 saturated heterocycles. The van der Waals surface area contributed by atoms with Gasteiger partial charge in [0.25, 0.3) is 5.91 Å². The average Bonchev–Trinajstić information content (AvgIpc) is 3.27. The number of hydrogen-bond acceptors (Lipinski definition) is 9. The minimum absolute atomic E-state index is 0.0824. The van der Waals surface area contributed by atoms with Gasteiger partial charge >= 0.3 is 0 Å². The largest absolute Gasteiger partial charge is 0.497 e. The van der Waals surface area contributed by atoms with Crippen LogP contribution in [0.3, 0.4) is 0 Å². The number of aromatic nitrogens is 4. The van der Waals surface area contributed by atoms with Crippen molar-refractivity contribution in [1.82, 2.24) is 25.1 Å². The number of carbonyl (C=O) groups is 1. The van der Waals surface area contributed by atoms with Crippen LogP contribution >= 0.6 is 11.8 Å². The number of amides is 1. The zero-order valence-corrected chi connectivity index (χ0v) is 20.7. The highest BCUT2D eigenvalue weighted by atomic mass is 32.2. The van der Waals surface area contributed by atoms with Crippen molar-refractivity contribution in [2.24, 2.45) is 0 Å². The minimum Gasteiger partial charge on any atom is -0.497 e. The van der Waals surface area contributed by atoms with Gasteiger partial charge in [0.1, 0.15) is 17.3 Å². The van der Waals surface area contributed by atoms with Crippen molar-refractivity contribution < 1.29 is 19.0 Å². The molecule has 0 aliphatic heterocycles. The minimum atomic E-state index is -0.216. The summed E-state index contributed by atoms with van der Waals surface area (Å²) in [6.07, 6.45) is 2.78. The fraction of sp³-hybridized carbons (Fsp3) is 0.478. The van der Waals surface area contributed by atoms with E-state index in [1.54, 1.807) is 41.9 Å². The zero-order valence-electron chi connectivity index (χ0n) is 19.9. The van der Waals surface area contributed by atoms with E-state index in [2.05, 4.69) is 27.6 Å². The van der Waals surface area contributed by atoms with Crippen LogP contribution in [0.2, 0.25) is 0 Å². The summed E-state index contributed by atoms with van der Waals surface area (Å²) < 4.78 is 17.9. The number of anilines is 1. The lowest BCUT2D eigenvalue weighted by atomic mass is 10.3. The first-order chi connectivity index (χ1) is 16.6. The molecule has 0 aliphatic rings. The molecular formula is C23H32N6O4S. The molecule has 2 N–H and O–H groups in total. The van der Waals surface area contributed by atoms with Crippen molar-refractivity contribution >= 4 is 34.5 Å². The molecule has 0 fully saturated rings. The van der Waals surface area contributed by atoms with Crippen molar-refractivity contribution in [3.63, 3.8) is 0 Å². The molecule has 0 atom stereocenters. The second-order valence-electron chi connectivity index (χ2n) is 7.25. The fourth-order valence-electron chi connectivity index (χ4n) is 3.07. The molecule has 0 unspecified atom stereocenters. The Balaban J connectivity index is 1.59. The Bertz CT molecular complexity index is 1060. The van der Waals surface area contributed by atoms with Crippen LogP contribution in [-0.2, 0) is 16.1 Å². The maximum absolute atomic E-state index is 12.2. The molecule has 34 heavy (non-hydrogen) atoms. The third kappa shape index (κ3) is 7.49. The molecule has 3 aromatic rings. The van der Waals surface area contributed by atoms with Crippen molar-refractivity contribution in [3.05, 3.63) is 30.5 Å². The summed E-state index contributed by atoms with van der Waals surface area (Å²) in [5.74, 6) is 2.71. The molecule has 1 amide bonds. The Hall–Kier alpha value is -3.05. The van der Waals surface area contributed by atoms with Gasteiger partial charge in [-0.2, -0.15) is 5.10 Å². The highest BCUT2D eigenvalue weighted by molar-refractivity contribution is 7.99. The molecule has 0 saturated carbocycles. The molecule has 2 heterocycles. The second-order valence-corrected chi connectivity index (χ2v) is 8.31. The number of nitrogens with zero attached hydrogens (tertiary/aromatic N) is 4. The Kier molecular flexibility index (Phi) is 10.2. The number of methoxy groups -OCH3 is 1. The van der Waals surface area contributed by atoms with Crippen LogP contribution in [0.5, 0.6) is 11.5 Å². The van der Waals surface area contributed by atoms with Crippen LogP contribution in [0.1, 0.15) is 20.3 Å². The van der Waals surface area contributed by atoms with Crippen LogP contribution in [0, 0.1) is 0 Å². The standard InChI is InChI=1S/C23H32N6O4S/c1-4-13-34-23-27-21(25-10-12-32-5-2)19-15-26-29(22(19)28-23)11-9-24-20(30)16-33-18-8-6-7-17(14-18)31-3/h6-8,14-15H,4-5,9-13,16H2,1-3H3,(H,24,30)(H,25,27,28). The number of fused-ring (bicyclic) bond motifs is 1. The molecule has 3 rings (SSSR count). The normalized spacial score (nSPS) is 10.9. The van der Waals surface area contributed by atoms with Gasteiger partial charge in [0.05, 0.1) is 31.8 Å². The third-order valence-corrected chi connectivity index (χ3v) is 5.76. The Morgan fingerprint density at radius 1 is 1.18 bits per heavy atom. The quantitative estimate of drug-likeness (QED) is 0.189. The van der Waals surface area contributed by atoms with E-state index in [4.69, 9.17) is 19.2 Å². The van der Waals surface area contributed by atoms with E-state index >= 15 is 0 Å². The number of rotatable bonds is 15. The molecule has 11 heteroatoms. The van der Waals surface area contributed by atoms with Gasteiger partial charge in [-0.3, -0.25) is 4.79 Å². The summed E-state index contributed by atoms with van der Waals surface area (Å²) in [7, 11) is 1.58. The Morgan fingerprint density at radius 3 is 2.82 bits per heavy atom. The number of benzene rings is 1. The molecule has 0 aliphatic carbocycles. The van der Waals surface area contributed by atoms with E-state index in [0.29, 0.717) is 49.5 Å². The third-order valence-electron chi connectivity index (χ3n) is 4.71. The van der Waals surface area contributed by atoms with Crippen molar-refractivity contribution in [1.29, 1.82) is 0 Å². The summed E-state index contributed by atoms with van der Waals surface area (Å²) >= 11 is 1.61. The molecule has 0 radical (unpaired) electrons. The van der Waals surface area contributed by atoms with E-state index in [1.807, 2.05) is 19.1 Å². The first-order valence-electron chi connectivity index (χ1n) is 11.4. The summed E-state index contributed by atoms with van der Waals surface area (Å²) in [5.41, 5.74) is 0.731. The summed E-state index contributed by atoms with van der Waals surface area (Å²) in [6, 6.07) is 7.14. The smallest absolute Gasteiger partial charge is 0.258 e. The summed E-state index contributed by atoms with van der Waals surface area (Å²) in [4.78, 5) is 21.6. The van der Waals surface area contributed by atoms with Crippen molar-refractivity contribution in [2.45, 2.75) is 32.0 Å². The van der Waals surface area contributed by atoms with Gasteiger partial charge in [-0.1, -0.05) is 24.8 Å². The first-order valence-corrected chi connectivity index (χ1v) is 12.3. The van der Waals surface area contributed by atoms with E-state index < -0.39 is 0 Å². The predicted molar refractivity (Wildman–Crippen MR) is 133 cm³/mol. The van der Waals surface area contributed by atoms with Crippen LogP contribution in [0.25, 0.3) is 11.0 Å². The Morgan fingerprint density at radius 2 is 2.03 bits per heavy atom. The van der Waals surface area contributed by atoms with Crippen LogP contribution < -0.4 is 20.1 Å². The lowest BCUT2D eigenvalue weighted by Crippen LogP contribution is -2.31. The van der Waals surface area contributed by atoms with E-state index in [1.165, 1.54) is 0 Å². The van der Waals surface area contributed by atoms with Crippen LogP contribution in [0.15, 0.2) is 35.6 Å².